The lowest BCUT2D eigenvalue weighted by atomic mass is 10.1. The molecule has 1 aliphatic heterocycles. The Morgan fingerprint density at radius 2 is 2.27 bits per heavy atom. The third-order valence-corrected chi connectivity index (χ3v) is 2.46. The molecule has 1 heterocycles. The van der Waals surface area contributed by atoms with Gasteiger partial charge in [-0.25, -0.2) is 0 Å². The summed E-state index contributed by atoms with van der Waals surface area (Å²) in [6.07, 6.45) is 2.64. The Labute approximate surface area is 70.0 Å². The molecule has 0 radical (unpaired) electrons. The van der Waals surface area contributed by atoms with E-state index in [9.17, 15) is 0 Å². The molecular weight excluding hydrogens is 136 g/mol. The van der Waals surface area contributed by atoms with Gasteiger partial charge in [0, 0.05) is 19.1 Å². The molecule has 1 unspecified atom stereocenters. The number of nitrogens with one attached hydrogen (secondary N) is 1. The maximum Gasteiger partial charge on any atom is 0.0110 e. The van der Waals surface area contributed by atoms with Crippen LogP contribution in [0.15, 0.2) is 0 Å². The molecule has 1 saturated heterocycles. The molecule has 0 spiro atoms. The minimum absolute atomic E-state index is 0.846. The van der Waals surface area contributed by atoms with E-state index in [0.717, 1.165) is 12.6 Å². The van der Waals surface area contributed by atoms with Crippen LogP contribution < -0.4 is 5.32 Å². The molecule has 0 aliphatic carbocycles. The van der Waals surface area contributed by atoms with Gasteiger partial charge in [-0.2, -0.15) is 0 Å². The lowest BCUT2D eigenvalue weighted by molar-refractivity contribution is 0.106. The molecule has 1 fully saturated rings. The monoisotopic (exact) mass is 156 g/mol. The van der Waals surface area contributed by atoms with Crippen molar-refractivity contribution in [3.8, 4) is 0 Å². The molecule has 1 atom stereocenters. The van der Waals surface area contributed by atoms with Crippen molar-refractivity contribution in [1.82, 2.24) is 10.2 Å². The summed E-state index contributed by atoms with van der Waals surface area (Å²) in [7, 11) is 0. The number of nitrogens with zero attached hydrogens (tertiary/aromatic N) is 1. The number of likely N-dealkylation sites (tertiary alicyclic amines) is 1. The van der Waals surface area contributed by atoms with E-state index in [0.29, 0.717) is 0 Å². The molecule has 0 aromatic heterocycles. The Morgan fingerprint density at radius 1 is 1.45 bits per heavy atom. The van der Waals surface area contributed by atoms with Crippen LogP contribution >= 0.6 is 0 Å². The Bertz CT molecular complexity index is 104. The van der Waals surface area contributed by atoms with Crippen LogP contribution in [0.4, 0.5) is 0 Å². The molecule has 2 nitrogen and oxygen atoms in total. The maximum absolute atomic E-state index is 3.41. The summed E-state index contributed by atoms with van der Waals surface area (Å²) in [5.41, 5.74) is 0. The van der Waals surface area contributed by atoms with Crippen LogP contribution in [0, 0.1) is 0 Å². The molecule has 1 N–H and O–H groups in total. The summed E-state index contributed by atoms with van der Waals surface area (Å²) in [6, 6.07) is 0.846. The van der Waals surface area contributed by atoms with E-state index < -0.39 is 0 Å². The van der Waals surface area contributed by atoms with Crippen LogP contribution in [0.25, 0.3) is 0 Å². The fourth-order valence-corrected chi connectivity index (χ4v) is 1.43. The van der Waals surface area contributed by atoms with Crippen molar-refractivity contribution < 1.29 is 0 Å². The highest BCUT2D eigenvalue weighted by Gasteiger charge is 2.21. The van der Waals surface area contributed by atoms with Crippen molar-refractivity contribution in [3.05, 3.63) is 0 Å². The van der Waals surface area contributed by atoms with Crippen LogP contribution in [-0.2, 0) is 0 Å². The predicted molar refractivity (Wildman–Crippen MR) is 48.8 cm³/mol. The lowest BCUT2D eigenvalue weighted by Gasteiger charge is -2.38. The first kappa shape index (κ1) is 9.01. The summed E-state index contributed by atoms with van der Waals surface area (Å²) in [5, 5.41) is 3.41. The second-order valence-electron chi connectivity index (χ2n) is 3.42. The minimum atomic E-state index is 0.846. The number of rotatable bonds is 5. The molecule has 1 aliphatic rings. The van der Waals surface area contributed by atoms with Gasteiger partial charge >= 0.3 is 0 Å². The highest BCUT2D eigenvalue weighted by Crippen LogP contribution is 2.14. The van der Waals surface area contributed by atoms with E-state index in [1.807, 2.05) is 0 Å². The normalized spacial score (nSPS) is 25.1. The summed E-state index contributed by atoms with van der Waals surface area (Å²) >= 11 is 0. The van der Waals surface area contributed by atoms with Crippen molar-refractivity contribution in [2.24, 2.45) is 0 Å². The molecule has 0 saturated carbocycles. The Balaban J connectivity index is 1.87. The van der Waals surface area contributed by atoms with E-state index in [4.69, 9.17) is 0 Å². The third kappa shape index (κ3) is 2.80. The zero-order chi connectivity index (χ0) is 8.10. The first-order valence-electron chi connectivity index (χ1n) is 4.79. The van der Waals surface area contributed by atoms with Gasteiger partial charge in [-0.15, -0.1) is 0 Å². The maximum atomic E-state index is 3.41. The molecule has 11 heavy (non-hydrogen) atoms. The Morgan fingerprint density at radius 3 is 2.73 bits per heavy atom. The van der Waals surface area contributed by atoms with Crippen molar-refractivity contribution >= 4 is 0 Å². The molecule has 0 aromatic rings. The lowest BCUT2D eigenvalue weighted by Crippen LogP contribution is -2.48. The van der Waals surface area contributed by atoms with Crippen molar-refractivity contribution in [2.75, 3.05) is 26.2 Å². The van der Waals surface area contributed by atoms with Crippen molar-refractivity contribution in [2.45, 2.75) is 32.7 Å². The van der Waals surface area contributed by atoms with E-state index in [1.54, 1.807) is 0 Å². The summed E-state index contributed by atoms with van der Waals surface area (Å²) in [5.74, 6) is 0. The number of hydrogen-bond donors (Lipinski definition) is 1. The first-order valence-corrected chi connectivity index (χ1v) is 4.79. The average Bonchev–Trinajstić information content (AvgIpc) is 2.02. The fourth-order valence-electron chi connectivity index (χ4n) is 1.43. The Kier molecular flexibility index (Phi) is 3.87. The summed E-state index contributed by atoms with van der Waals surface area (Å²) in [4.78, 5) is 2.53. The molecule has 0 amide bonds. The van der Waals surface area contributed by atoms with Gasteiger partial charge in [-0.3, -0.25) is 4.90 Å². The summed E-state index contributed by atoms with van der Waals surface area (Å²) < 4.78 is 0. The standard InChI is InChI=1S/C9H20N2/c1-3-5-10-6-8-11-7-4-9(11)2/h9-10H,3-8H2,1-2H3. The van der Waals surface area contributed by atoms with Gasteiger partial charge in [0.25, 0.3) is 0 Å². The minimum Gasteiger partial charge on any atom is -0.315 e. The van der Waals surface area contributed by atoms with Crippen LogP contribution in [-0.4, -0.2) is 37.1 Å². The number of hydrogen-bond acceptors (Lipinski definition) is 2. The molecule has 2 heteroatoms. The molecule has 0 aromatic carbocycles. The second-order valence-corrected chi connectivity index (χ2v) is 3.42. The van der Waals surface area contributed by atoms with Crippen molar-refractivity contribution in [1.29, 1.82) is 0 Å². The zero-order valence-corrected chi connectivity index (χ0v) is 7.77. The topological polar surface area (TPSA) is 15.3 Å². The quantitative estimate of drug-likeness (QED) is 0.599. The van der Waals surface area contributed by atoms with Crippen molar-refractivity contribution in [3.63, 3.8) is 0 Å². The van der Waals surface area contributed by atoms with E-state index in [2.05, 4.69) is 24.1 Å². The van der Waals surface area contributed by atoms with Gasteiger partial charge in [0.2, 0.25) is 0 Å². The van der Waals surface area contributed by atoms with Crippen LogP contribution in [0.2, 0.25) is 0 Å². The Hall–Kier alpha value is -0.0800. The van der Waals surface area contributed by atoms with Crippen LogP contribution in [0.3, 0.4) is 0 Å². The SMILES string of the molecule is CCCNCCN1CCC1C. The van der Waals surface area contributed by atoms with Gasteiger partial charge in [-0.1, -0.05) is 6.92 Å². The van der Waals surface area contributed by atoms with E-state index in [-0.39, 0.29) is 0 Å². The predicted octanol–water partition coefficient (Wildman–Crippen LogP) is 1.08. The summed E-state index contributed by atoms with van der Waals surface area (Å²) in [6.45, 7) is 9.40. The van der Waals surface area contributed by atoms with Crippen LogP contribution in [0.1, 0.15) is 26.7 Å². The van der Waals surface area contributed by atoms with Crippen LogP contribution in [0.5, 0.6) is 0 Å². The highest BCUT2D eigenvalue weighted by molar-refractivity contribution is 4.78. The van der Waals surface area contributed by atoms with E-state index >= 15 is 0 Å². The average molecular weight is 156 g/mol. The van der Waals surface area contributed by atoms with Gasteiger partial charge < -0.3 is 5.32 Å². The molecule has 66 valence electrons. The highest BCUT2D eigenvalue weighted by atomic mass is 15.2. The van der Waals surface area contributed by atoms with Gasteiger partial charge in [0.15, 0.2) is 0 Å². The molecule has 0 bridgehead atoms. The van der Waals surface area contributed by atoms with Gasteiger partial charge in [0.1, 0.15) is 0 Å². The van der Waals surface area contributed by atoms with E-state index in [1.165, 1.54) is 32.5 Å². The zero-order valence-electron chi connectivity index (χ0n) is 7.77. The second kappa shape index (κ2) is 4.73. The smallest absolute Gasteiger partial charge is 0.0110 e. The van der Waals surface area contributed by atoms with Gasteiger partial charge in [-0.05, 0) is 32.9 Å². The molecule has 1 rings (SSSR count). The third-order valence-electron chi connectivity index (χ3n) is 2.46. The first-order chi connectivity index (χ1) is 5.34. The molecular formula is C9H20N2. The fraction of sp³-hybridized carbons (Fsp3) is 1.00. The van der Waals surface area contributed by atoms with Gasteiger partial charge in [0.05, 0.1) is 0 Å². The largest absolute Gasteiger partial charge is 0.315 e.